The Morgan fingerprint density at radius 1 is 1.44 bits per heavy atom. The summed E-state index contributed by atoms with van der Waals surface area (Å²) >= 11 is 5.60. The molecule has 2 aromatic rings. The number of carbonyl (C=O) groups is 1. The molecule has 0 saturated carbocycles. The van der Waals surface area contributed by atoms with Crippen LogP contribution in [0.25, 0.3) is 0 Å². The first kappa shape index (κ1) is 12.8. The molecule has 0 unspecified atom stereocenters. The van der Waals surface area contributed by atoms with Gasteiger partial charge in [0.05, 0.1) is 12.4 Å². The quantitative estimate of drug-likeness (QED) is 0.625. The number of hydrogen-bond donors (Lipinski definition) is 0. The zero-order chi connectivity index (χ0) is 13.3. The van der Waals surface area contributed by atoms with Crippen LogP contribution in [0.5, 0.6) is 0 Å². The number of ketones is 1. The summed E-state index contributed by atoms with van der Waals surface area (Å²) < 4.78 is 3.91. The van der Waals surface area contributed by atoms with Gasteiger partial charge in [-0.15, -0.1) is 21.8 Å². The monoisotopic (exact) mass is 266 g/mol. The summed E-state index contributed by atoms with van der Waals surface area (Å²) in [5.74, 6) is 0.810. The van der Waals surface area contributed by atoms with Crippen molar-refractivity contribution in [3.8, 4) is 0 Å². The maximum absolute atomic E-state index is 11.7. The van der Waals surface area contributed by atoms with E-state index in [2.05, 4.69) is 10.2 Å². The van der Waals surface area contributed by atoms with Crippen molar-refractivity contribution >= 4 is 17.4 Å². The van der Waals surface area contributed by atoms with Crippen LogP contribution in [0.2, 0.25) is 0 Å². The standard InChI is InChI=1S/C12H15ClN4O/c1-8-4-10(11(18)5-13)9(2)17(8)6-12-15-14-7-16(12)3/h4,7H,5-6H2,1-3H3. The summed E-state index contributed by atoms with van der Waals surface area (Å²) in [5.41, 5.74) is 2.62. The van der Waals surface area contributed by atoms with E-state index in [1.54, 1.807) is 6.33 Å². The Hall–Kier alpha value is -1.62. The van der Waals surface area contributed by atoms with Gasteiger partial charge in [0.15, 0.2) is 11.6 Å². The summed E-state index contributed by atoms with van der Waals surface area (Å²) in [6.07, 6.45) is 1.66. The second kappa shape index (κ2) is 4.94. The molecule has 96 valence electrons. The van der Waals surface area contributed by atoms with Crippen LogP contribution in [0.3, 0.4) is 0 Å². The van der Waals surface area contributed by atoms with E-state index in [9.17, 15) is 4.79 Å². The van der Waals surface area contributed by atoms with Crippen LogP contribution in [-0.2, 0) is 13.6 Å². The van der Waals surface area contributed by atoms with Gasteiger partial charge in [0.2, 0.25) is 0 Å². The molecule has 6 heteroatoms. The molecule has 0 spiro atoms. The maximum atomic E-state index is 11.7. The highest BCUT2D eigenvalue weighted by atomic mass is 35.5. The van der Waals surface area contributed by atoms with E-state index in [0.717, 1.165) is 17.2 Å². The third-order valence-corrected chi connectivity index (χ3v) is 3.34. The molecular weight excluding hydrogens is 252 g/mol. The van der Waals surface area contributed by atoms with Gasteiger partial charge in [-0.1, -0.05) is 0 Å². The van der Waals surface area contributed by atoms with Crippen molar-refractivity contribution in [2.24, 2.45) is 7.05 Å². The fraction of sp³-hybridized carbons (Fsp3) is 0.417. The Bertz CT molecular complexity index is 585. The molecule has 0 saturated heterocycles. The van der Waals surface area contributed by atoms with Gasteiger partial charge in [0, 0.05) is 24.0 Å². The van der Waals surface area contributed by atoms with Crippen molar-refractivity contribution < 1.29 is 4.79 Å². The van der Waals surface area contributed by atoms with Gasteiger partial charge in [0.1, 0.15) is 6.33 Å². The van der Waals surface area contributed by atoms with E-state index >= 15 is 0 Å². The van der Waals surface area contributed by atoms with Crippen molar-refractivity contribution in [1.82, 2.24) is 19.3 Å². The first-order chi connectivity index (χ1) is 8.54. The SMILES string of the molecule is Cc1cc(C(=O)CCl)c(C)n1Cc1nncn1C. The predicted octanol–water partition coefficient (Wildman–Crippen LogP) is 1.70. The molecular formula is C12H15ClN4O. The van der Waals surface area contributed by atoms with Crippen molar-refractivity contribution in [1.29, 1.82) is 0 Å². The van der Waals surface area contributed by atoms with Crippen molar-refractivity contribution in [3.05, 3.63) is 35.2 Å². The molecule has 0 radical (unpaired) electrons. The molecule has 0 bridgehead atoms. The molecule has 2 heterocycles. The lowest BCUT2D eigenvalue weighted by atomic mass is 10.2. The van der Waals surface area contributed by atoms with E-state index in [4.69, 9.17) is 11.6 Å². The van der Waals surface area contributed by atoms with Crippen LogP contribution in [0, 0.1) is 13.8 Å². The topological polar surface area (TPSA) is 52.7 Å². The van der Waals surface area contributed by atoms with Crippen LogP contribution < -0.4 is 0 Å². The molecule has 0 atom stereocenters. The molecule has 0 fully saturated rings. The third-order valence-electron chi connectivity index (χ3n) is 3.10. The number of carbonyl (C=O) groups excluding carboxylic acids is 1. The predicted molar refractivity (Wildman–Crippen MR) is 69.1 cm³/mol. The number of halogens is 1. The van der Waals surface area contributed by atoms with Crippen molar-refractivity contribution in [2.75, 3.05) is 5.88 Å². The number of rotatable bonds is 4. The van der Waals surface area contributed by atoms with Gasteiger partial charge in [-0.25, -0.2) is 0 Å². The second-order valence-electron chi connectivity index (χ2n) is 4.29. The van der Waals surface area contributed by atoms with Gasteiger partial charge in [-0.05, 0) is 19.9 Å². The molecule has 0 amide bonds. The van der Waals surface area contributed by atoms with Gasteiger partial charge in [0.25, 0.3) is 0 Å². The Kier molecular flexibility index (Phi) is 3.52. The number of nitrogens with zero attached hydrogens (tertiary/aromatic N) is 4. The highest BCUT2D eigenvalue weighted by Gasteiger charge is 2.15. The highest BCUT2D eigenvalue weighted by molar-refractivity contribution is 6.30. The normalized spacial score (nSPS) is 10.9. The molecule has 2 aromatic heterocycles. The Morgan fingerprint density at radius 3 is 2.72 bits per heavy atom. The van der Waals surface area contributed by atoms with E-state index < -0.39 is 0 Å². The Balaban J connectivity index is 2.37. The maximum Gasteiger partial charge on any atom is 0.179 e. The molecule has 18 heavy (non-hydrogen) atoms. The lowest BCUT2D eigenvalue weighted by Gasteiger charge is -2.08. The minimum absolute atomic E-state index is 0.00819. The number of hydrogen-bond acceptors (Lipinski definition) is 3. The summed E-state index contributed by atoms with van der Waals surface area (Å²) in [4.78, 5) is 11.7. The van der Waals surface area contributed by atoms with Gasteiger partial charge >= 0.3 is 0 Å². The zero-order valence-electron chi connectivity index (χ0n) is 10.6. The average molecular weight is 267 g/mol. The number of alkyl halides is 1. The first-order valence-electron chi connectivity index (χ1n) is 5.63. The number of Topliss-reactive ketones (excluding diaryl/α,β-unsaturated/α-hetero) is 1. The molecule has 0 aliphatic rings. The number of aromatic nitrogens is 4. The van der Waals surface area contributed by atoms with E-state index in [0.29, 0.717) is 12.1 Å². The second-order valence-corrected chi connectivity index (χ2v) is 4.55. The zero-order valence-corrected chi connectivity index (χ0v) is 11.4. The lowest BCUT2D eigenvalue weighted by molar-refractivity contribution is 0.102. The van der Waals surface area contributed by atoms with Gasteiger partial charge in [-0.2, -0.15) is 0 Å². The molecule has 0 aromatic carbocycles. The van der Waals surface area contributed by atoms with Crippen LogP contribution in [0.15, 0.2) is 12.4 Å². The molecule has 0 aliphatic carbocycles. The van der Waals surface area contributed by atoms with E-state index in [1.807, 2.05) is 36.1 Å². The lowest BCUT2D eigenvalue weighted by Crippen LogP contribution is -2.10. The van der Waals surface area contributed by atoms with Crippen LogP contribution >= 0.6 is 11.6 Å². The molecule has 0 aliphatic heterocycles. The third kappa shape index (κ3) is 2.18. The summed E-state index contributed by atoms with van der Waals surface area (Å²) in [6.45, 7) is 4.49. The van der Waals surface area contributed by atoms with E-state index in [-0.39, 0.29) is 11.7 Å². The largest absolute Gasteiger partial charge is 0.341 e. The summed E-state index contributed by atoms with van der Waals surface area (Å²) in [7, 11) is 1.90. The summed E-state index contributed by atoms with van der Waals surface area (Å²) in [6, 6.07) is 1.87. The van der Waals surface area contributed by atoms with Crippen LogP contribution in [0.1, 0.15) is 27.6 Å². The minimum Gasteiger partial charge on any atom is -0.341 e. The number of aryl methyl sites for hydroxylation is 2. The van der Waals surface area contributed by atoms with Crippen molar-refractivity contribution in [3.63, 3.8) is 0 Å². The molecule has 5 nitrogen and oxygen atoms in total. The summed E-state index contributed by atoms with van der Waals surface area (Å²) in [5, 5.41) is 7.90. The van der Waals surface area contributed by atoms with Crippen molar-refractivity contribution in [2.45, 2.75) is 20.4 Å². The molecule has 0 N–H and O–H groups in total. The van der Waals surface area contributed by atoms with E-state index in [1.165, 1.54) is 0 Å². The molecule has 2 rings (SSSR count). The smallest absolute Gasteiger partial charge is 0.179 e. The van der Waals surface area contributed by atoms with Crippen LogP contribution in [-0.4, -0.2) is 31.0 Å². The first-order valence-corrected chi connectivity index (χ1v) is 6.16. The average Bonchev–Trinajstić information content (AvgIpc) is 2.87. The minimum atomic E-state index is -0.0472. The Labute approximate surface area is 110 Å². The highest BCUT2D eigenvalue weighted by Crippen LogP contribution is 2.17. The van der Waals surface area contributed by atoms with Gasteiger partial charge in [-0.3, -0.25) is 4.79 Å². The Morgan fingerprint density at radius 2 is 2.17 bits per heavy atom. The van der Waals surface area contributed by atoms with Gasteiger partial charge < -0.3 is 9.13 Å². The fourth-order valence-corrected chi connectivity index (χ4v) is 2.13. The van der Waals surface area contributed by atoms with Crippen LogP contribution in [0.4, 0.5) is 0 Å². The fourth-order valence-electron chi connectivity index (χ4n) is 1.99.